The summed E-state index contributed by atoms with van der Waals surface area (Å²) >= 11 is 0. The summed E-state index contributed by atoms with van der Waals surface area (Å²) in [5.41, 5.74) is 2.35. The van der Waals surface area contributed by atoms with Crippen LogP contribution in [0.1, 0.15) is 76.2 Å². The molecule has 0 spiro atoms. The lowest BCUT2D eigenvalue weighted by Crippen LogP contribution is -2.37. The van der Waals surface area contributed by atoms with Gasteiger partial charge in [0.2, 0.25) is 0 Å². The maximum atomic E-state index is 4.56. The summed E-state index contributed by atoms with van der Waals surface area (Å²) in [7, 11) is 0. The maximum absolute atomic E-state index is 4.56. The summed E-state index contributed by atoms with van der Waals surface area (Å²) in [5, 5.41) is 3.27. The van der Waals surface area contributed by atoms with Crippen molar-refractivity contribution in [1.29, 1.82) is 0 Å². The van der Waals surface area contributed by atoms with Crippen molar-refractivity contribution in [2.24, 2.45) is 4.99 Å². The third-order valence-corrected chi connectivity index (χ3v) is 2.29. The Bertz CT molecular complexity index is 294. The lowest BCUT2D eigenvalue weighted by molar-refractivity contribution is 0.594. The highest BCUT2D eigenvalue weighted by Gasteiger charge is 2.28. The topological polar surface area (TPSA) is 24.4 Å². The van der Waals surface area contributed by atoms with Gasteiger partial charge in [-0.1, -0.05) is 53.7 Å². The van der Waals surface area contributed by atoms with Crippen LogP contribution < -0.4 is 5.32 Å². The predicted octanol–water partition coefficient (Wildman–Crippen LogP) is 5.72. The fourth-order valence-electron chi connectivity index (χ4n) is 1.84. The minimum Gasteiger partial charge on any atom is -0.344 e. The highest BCUT2D eigenvalue weighted by atomic mass is 15.1. The van der Waals surface area contributed by atoms with Gasteiger partial charge in [-0.3, -0.25) is 4.99 Å². The second-order valence-electron chi connectivity index (χ2n) is 3.79. The van der Waals surface area contributed by atoms with Gasteiger partial charge < -0.3 is 5.32 Å². The molecule has 19 heavy (non-hydrogen) atoms. The van der Waals surface area contributed by atoms with Crippen LogP contribution in [0.3, 0.4) is 0 Å². The van der Waals surface area contributed by atoms with E-state index in [0.717, 1.165) is 5.84 Å². The summed E-state index contributed by atoms with van der Waals surface area (Å²) in [6.45, 7) is 22.4. The van der Waals surface area contributed by atoms with Crippen LogP contribution in [-0.4, -0.2) is 11.4 Å². The number of nitrogens with zero attached hydrogens (tertiary/aromatic N) is 1. The Labute approximate surface area is 122 Å². The van der Waals surface area contributed by atoms with E-state index in [9.17, 15) is 0 Å². The van der Waals surface area contributed by atoms with Gasteiger partial charge in [-0.05, 0) is 40.2 Å². The van der Waals surface area contributed by atoms with Gasteiger partial charge in [0.05, 0.1) is 11.4 Å². The van der Waals surface area contributed by atoms with Crippen LogP contribution in [0.25, 0.3) is 0 Å². The number of amidine groups is 1. The number of hydrogen-bond acceptors (Lipinski definition) is 2. The van der Waals surface area contributed by atoms with E-state index < -0.39 is 0 Å². The van der Waals surface area contributed by atoms with E-state index in [2.05, 4.69) is 43.2 Å². The Morgan fingerprint density at radius 3 is 1.63 bits per heavy atom. The summed E-state index contributed by atoms with van der Waals surface area (Å²) in [6, 6.07) is 0. The van der Waals surface area contributed by atoms with Crippen molar-refractivity contribution < 1.29 is 0 Å². The number of allylic oxidation sites excluding steroid dienone is 2. The van der Waals surface area contributed by atoms with Crippen LogP contribution in [0, 0.1) is 0 Å². The van der Waals surface area contributed by atoms with Crippen molar-refractivity contribution >= 4 is 5.84 Å². The van der Waals surface area contributed by atoms with Gasteiger partial charge in [0.1, 0.15) is 0 Å². The van der Waals surface area contributed by atoms with Crippen LogP contribution in [0.4, 0.5) is 0 Å². The quantitative estimate of drug-likeness (QED) is 0.597. The number of hydrogen-bond donors (Lipinski definition) is 1. The maximum Gasteiger partial charge on any atom is 0.0986 e. The van der Waals surface area contributed by atoms with E-state index in [0.29, 0.717) is 0 Å². The molecule has 0 aliphatic carbocycles. The molecular weight excluding hydrogens is 232 g/mol. The molecule has 2 nitrogen and oxygen atoms in total. The van der Waals surface area contributed by atoms with Gasteiger partial charge in [-0.15, -0.1) is 0 Å². The molecule has 0 radical (unpaired) electrons. The molecule has 0 fully saturated rings. The largest absolute Gasteiger partial charge is 0.344 e. The molecule has 0 unspecified atom stereocenters. The van der Waals surface area contributed by atoms with Gasteiger partial charge in [0.25, 0.3) is 0 Å². The van der Waals surface area contributed by atoms with E-state index in [1.54, 1.807) is 0 Å². The highest BCUT2D eigenvalue weighted by molar-refractivity contribution is 5.84. The second-order valence-corrected chi connectivity index (χ2v) is 3.79. The Kier molecular flexibility index (Phi) is 16.3. The molecule has 0 saturated carbocycles. The van der Waals surface area contributed by atoms with Crippen molar-refractivity contribution in [1.82, 2.24) is 5.32 Å². The van der Waals surface area contributed by atoms with Crippen LogP contribution in [0.2, 0.25) is 0 Å². The SMILES string of the molecule is C/C=C1/NC(C)=NC(C)(C)/C1=C/C.CC.CC.CC. The molecule has 1 rings (SSSR count). The summed E-state index contributed by atoms with van der Waals surface area (Å²) in [6.07, 6.45) is 4.22. The second kappa shape index (κ2) is 13.4. The summed E-state index contributed by atoms with van der Waals surface area (Å²) in [5.74, 6) is 0.990. The smallest absolute Gasteiger partial charge is 0.0986 e. The molecule has 1 aliphatic heterocycles. The van der Waals surface area contributed by atoms with Crippen molar-refractivity contribution in [2.75, 3.05) is 0 Å². The van der Waals surface area contributed by atoms with Crippen LogP contribution in [-0.2, 0) is 0 Å². The van der Waals surface area contributed by atoms with Crippen LogP contribution in [0.5, 0.6) is 0 Å². The molecule has 0 bridgehead atoms. The van der Waals surface area contributed by atoms with E-state index in [-0.39, 0.29) is 5.54 Å². The molecule has 114 valence electrons. The Balaban J connectivity index is -0.000000375. The van der Waals surface area contributed by atoms with Gasteiger partial charge in [0.15, 0.2) is 0 Å². The molecule has 2 heteroatoms. The van der Waals surface area contributed by atoms with Crippen LogP contribution >= 0.6 is 0 Å². The van der Waals surface area contributed by atoms with E-state index in [1.165, 1.54) is 11.3 Å². The fourth-order valence-corrected chi connectivity index (χ4v) is 1.84. The number of nitrogens with one attached hydrogen (secondary N) is 1. The zero-order valence-electron chi connectivity index (χ0n) is 15.1. The van der Waals surface area contributed by atoms with Crippen molar-refractivity contribution in [3.8, 4) is 0 Å². The van der Waals surface area contributed by atoms with E-state index >= 15 is 0 Å². The number of aliphatic imine (C=N–C) groups is 1. The van der Waals surface area contributed by atoms with E-state index in [4.69, 9.17) is 0 Å². The zero-order valence-corrected chi connectivity index (χ0v) is 15.1. The Morgan fingerprint density at radius 1 is 0.895 bits per heavy atom. The Hall–Kier alpha value is -1.05. The average molecular weight is 268 g/mol. The minimum atomic E-state index is -0.0913. The lowest BCUT2D eigenvalue weighted by atomic mass is 9.90. The molecule has 0 amide bonds. The molecule has 1 aliphatic rings. The van der Waals surface area contributed by atoms with Gasteiger partial charge >= 0.3 is 0 Å². The van der Waals surface area contributed by atoms with Crippen molar-refractivity contribution in [2.45, 2.75) is 81.7 Å². The fraction of sp³-hybridized carbons (Fsp3) is 0.706. The Morgan fingerprint density at radius 2 is 1.32 bits per heavy atom. The van der Waals surface area contributed by atoms with Crippen molar-refractivity contribution in [3.63, 3.8) is 0 Å². The molecule has 0 aromatic carbocycles. The highest BCUT2D eigenvalue weighted by Crippen LogP contribution is 2.29. The zero-order chi connectivity index (χ0) is 16.1. The molecular formula is C17H36N2. The third kappa shape index (κ3) is 7.86. The first-order valence-corrected chi connectivity index (χ1v) is 7.68. The number of rotatable bonds is 0. The summed E-state index contributed by atoms with van der Waals surface area (Å²) < 4.78 is 0. The monoisotopic (exact) mass is 268 g/mol. The van der Waals surface area contributed by atoms with E-state index in [1.807, 2.05) is 55.4 Å². The first-order chi connectivity index (χ1) is 9.01. The summed E-state index contributed by atoms with van der Waals surface area (Å²) in [4.78, 5) is 4.56. The normalized spacial score (nSPS) is 19.6. The lowest BCUT2D eigenvalue weighted by Gasteiger charge is -2.32. The minimum absolute atomic E-state index is 0.0913. The molecule has 1 heterocycles. The molecule has 1 N–H and O–H groups in total. The van der Waals surface area contributed by atoms with Crippen LogP contribution in [0.15, 0.2) is 28.4 Å². The predicted molar refractivity (Wildman–Crippen MR) is 91.9 cm³/mol. The molecule has 0 atom stereocenters. The van der Waals surface area contributed by atoms with Gasteiger partial charge in [-0.2, -0.15) is 0 Å². The standard InChI is InChI=1S/C11H18N2.3C2H6/c1-6-9-10(7-2)12-8(3)13-11(9,4)5;3*1-2/h6-7H,1-5H3,(H,12,13);3*1-2H3/b9-6+,10-7+;;;. The molecule has 0 aromatic heterocycles. The van der Waals surface area contributed by atoms with Gasteiger partial charge in [-0.25, -0.2) is 0 Å². The average Bonchev–Trinajstić information content (AvgIpc) is 2.43. The van der Waals surface area contributed by atoms with Crippen molar-refractivity contribution in [3.05, 3.63) is 23.4 Å². The molecule has 0 saturated heterocycles. The first-order valence-electron chi connectivity index (χ1n) is 7.68. The van der Waals surface area contributed by atoms with Gasteiger partial charge in [0, 0.05) is 5.70 Å². The molecule has 0 aromatic rings. The first kappa shape index (κ1) is 23.1. The third-order valence-electron chi connectivity index (χ3n) is 2.29.